The van der Waals surface area contributed by atoms with E-state index >= 15 is 0 Å². The van der Waals surface area contributed by atoms with Gasteiger partial charge in [0, 0.05) is 18.3 Å². The fourth-order valence-corrected chi connectivity index (χ4v) is 2.46. The van der Waals surface area contributed by atoms with E-state index in [0.29, 0.717) is 18.2 Å². The third-order valence-corrected chi connectivity index (χ3v) is 4.05. The smallest absolute Gasteiger partial charge is 0.258 e. The van der Waals surface area contributed by atoms with Gasteiger partial charge in [-0.25, -0.2) is 0 Å². The van der Waals surface area contributed by atoms with Crippen molar-refractivity contribution in [3.8, 4) is 17.0 Å². The van der Waals surface area contributed by atoms with Crippen molar-refractivity contribution in [3.05, 3.63) is 72.3 Å². The Kier molecular flexibility index (Phi) is 5.69. The number of amides is 1. The molecule has 2 heterocycles. The summed E-state index contributed by atoms with van der Waals surface area (Å²) in [6.07, 6.45) is 5.00. The molecule has 0 atom stereocenters. The number of aromatic nitrogens is 1. The summed E-state index contributed by atoms with van der Waals surface area (Å²) < 4.78 is 10.6. The average Bonchev–Trinajstić information content (AvgIpc) is 3.20. The zero-order valence-corrected chi connectivity index (χ0v) is 14.9. The van der Waals surface area contributed by atoms with Gasteiger partial charge in [-0.1, -0.05) is 32.0 Å². The third kappa shape index (κ3) is 4.72. The van der Waals surface area contributed by atoms with Crippen molar-refractivity contribution in [1.29, 1.82) is 0 Å². The Morgan fingerprint density at radius 3 is 2.58 bits per heavy atom. The minimum atomic E-state index is -0.170. The van der Waals surface area contributed by atoms with Gasteiger partial charge < -0.3 is 14.5 Å². The van der Waals surface area contributed by atoms with E-state index < -0.39 is 0 Å². The second kappa shape index (κ2) is 8.34. The fourth-order valence-electron chi connectivity index (χ4n) is 2.46. The average molecular weight is 350 g/mol. The van der Waals surface area contributed by atoms with E-state index in [-0.39, 0.29) is 12.5 Å². The number of furan rings is 1. The summed E-state index contributed by atoms with van der Waals surface area (Å²) >= 11 is 0. The predicted octanol–water partition coefficient (Wildman–Crippen LogP) is 4.16. The summed E-state index contributed by atoms with van der Waals surface area (Å²) in [4.78, 5) is 16.3. The van der Waals surface area contributed by atoms with E-state index in [0.717, 1.165) is 16.8 Å². The van der Waals surface area contributed by atoms with Crippen molar-refractivity contribution in [2.24, 2.45) is 0 Å². The maximum absolute atomic E-state index is 11.9. The van der Waals surface area contributed by atoms with E-state index in [1.54, 1.807) is 18.7 Å². The molecule has 2 aromatic heterocycles. The van der Waals surface area contributed by atoms with Gasteiger partial charge in [-0.05, 0) is 41.3 Å². The lowest BCUT2D eigenvalue weighted by Crippen LogP contribution is -2.28. The molecule has 5 heteroatoms. The van der Waals surface area contributed by atoms with Crippen molar-refractivity contribution in [2.75, 3.05) is 6.61 Å². The Labute approximate surface area is 153 Å². The lowest BCUT2D eigenvalue weighted by atomic mass is 10.0. The predicted molar refractivity (Wildman–Crippen MR) is 99.8 cm³/mol. The Morgan fingerprint density at radius 2 is 1.96 bits per heavy atom. The van der Waals surface area contributed by atoms with Crippen molar-refractivity contribution in [2.45, 2.75) is 26.3 Å². The third-order valence-electron chi connectivity index (χ3n) is 4.05. The van der Waals surface area contributed by atoms with Crippen LogP contribution in [0.3, 0.4) is 0 Å². The van der Waals surface area contributed by atoms with Crippen LogP contribution in [0.2, 0.25) is 0 Å². The fraction of sp³-hybridized carbons (Fsp3) is 0.238. The van der Waals surface area contributed by atoms with E-state index in [1.165, 1.54) is 5.56 Å². The second-order valence-corrected chi connectivity index (χ2v) is 6.35. The molecule has 5 nitrogen and oxygen atoms in total. The van der Waals surface area contributed by atoms with Crippen LogP contribution in [0.4, 0.5) is 0 Å². The summed E-state index contributed by atoms with van der Waals surface area (Å²) in [5.41, 5.74) is 3.93. The number of ether oxygens (including phenoxy) is 1. The topological polar surface area (TPSA) is 64.4 Å². The van der Waals surface area contributed by atoms with Crippen molar-refractivity contribution < 1.29 is 13.9 Å². The summed E-state index contributed by atoms with van der Waals surface area (Å²) in [7, 11) is 0. The molecule has 0 aliphatic heterocycles. The highest BCUT2D eigenvalue weighted by atomic mass is 16.5. The van der Waals surface area contributed by atoms with E-state index in [1.807, 2.05) is 42.5 Å². The summed E-state index contributed by atoms with van der Waals surface area (Å²) in [5, 5.41) is 2.83. The van der Waals surface area contributed by atoms with Crippen LogP contribution in [0.15, 0.2) is 65.6 Å². The zero-order chi connectivity index (χ0) is 18.4. The van der Waals surface area contributed by atoms with Crippen LogP contribution >= 0.6 is 0 Å². The maximum atomic E-state index is 11.9. The quantitative estimate of drug-likeness (QED) is 0.695. The SMILES string of the molecule is CC(C)c1ccc(OCC(=O)NCc2ccc(-c3ccoc3)nc2)cc1. The maximum Gasteiger partial charge on any atom is 0.258 e. The minimum Gasteiger partial charge on any atom is -0.484 e. The molecule has 134 valence electrons. The number of nitrogens with one attached hydrogen (secondary N) is 1. The standard InChI is InChI=1S/C21H22N2O3/c1-15(2)17-4-6-19(7-5-17)26-14-21(24)23-12-16-3-8-20(22-11-16)18-9-10-25-13-18/h3-11,13,15H,12,14H2,1-2H3,(H,23,24). The number of rotatable bonds is 7. The molecule has 0 spiro atoms. The molecule has 3 rings (SSSR count). The van der Waals surface area contributed by atoms with Crippen LogP contribution in [0.1, 0.15) is 30.9 Å². The normalized spacial score (nSPS) is 10.7. The van der Waals surface area contributed by atoms with Gasteiger partial charge in [0.05, 0.1) is 18.2 Å². The van der Waals surface area contributed by atoms with Gasteiger partial charge in [-0.2, -0.15) is 0 Å². The largest absolute Gasteiger partial charge is 0.484 e. The number of hydrogen-bond donors (Lipinski definition) is 1. The molecule has 1 N–H and O–H groups in total. The highest BCUT2D eigenvalue weighted by molar-refractivity contribution is 5.77. The van der Waals surface area contributed by atoms with Gasteiger partial charge in [0.15, 0.2) is 6.61 Å². The Morgan fingerprint density at radius 1 is 1.15 bits per heavy atom. The first-order valence-electron chi connectivity index (χ1n) is 8.59. The molecule has 0 saturated carbocycles. The van der Waals surface area contributed by atoms with Crippen molar-refractivity contribution in [3.63, 3.8) is 0 Å². The molecular formula is C21H22N2O3. The Hall–Kier alpha value is -3.08. The number of carbonyl (C=O) groups excluding carboxylic acids is 1. The summed E-state index contributed by atoms with van der Waals surface area (Å²) in [6.45, 7) is 4.68. The molecule has 3 aromatic rings. The number of nitrogens with zero attached hydrogens (tertiary/aromatic N) is 1. The monoisotopic (exact) mass is 350 g/mol. The van der Waals surface area contributed by atoms with E-state index in [2.05, 4.69) is 24.1 Å². The molecule has 0 aliphatic carbocycles. The van der Waals surface area contributed by atoms with Gasteiger partial charge >= 0.3 is 0 Å². The number of hydrogen-bond acceptors (Lipinski definition) is 4. The van der Waals surface area contributed by atoms with Gasteiger partial charge in [0.2, 0.25) is 0 Å². The highest BCUT2D eigenvalue weighted by Crippen LogP contribution is 2.19. The van der Waals surface area contributed by atoms with Crippen molar-refractivity contribution >= 4 is 5.91 Å². The first-order chi connectivity index (χ1) is 12.6. The number of benzene rings is 1. The van der Waals surface area contributed by atoms with Crippen LogP contribution in [0, 0.1) is 0 Å². The second-order valence-electron chi connectivity index (χ2n) is 6.35. The molecule has 0 unspecified atom stereocenters. The minimum absolute atomic E-state index is 0.0123. The molecule has 1 amide bonds. The molecule has 0 saturated heterocycles. The lowest BCUT2D eigenvalue weighted by molar-refractivity contribution is -0.123. The van der Waals surface area contributed by atoms with Gasteiger partial charge in [0.1, 0.15) is 5.75 Å². The van der Waals surface area contributed by atoms with Crippen LogP contribution in [0.5, 0.6) is 5.75 Å². The molecule has 0 fully saturated rings. The first-order valence-corrected chi connectivity index (χ1v) is 8.59. The Bertz CT molecular complexity index is 823. The molecule has 1 aromatic carbocycles. The first kappa shape index (κ1) is 17.7. The Balaban J connectivity index is 1.45. The molecule has 0 bridgehead atoms. The van der Waals surface area contributed by atoms with E-state index in [4.69, 9.17) is 9.15 Å². The van der Waals surface area contributed by atoms with Gasteiger partial charge in [-0.15, -0.1) is 0 Å². The summed E-state index contributed by atoms with van der Waals surface area (Å²) in [6, 6.07) is 13.5. The van der Waals surface area contributed by atoms with Crippen LogP contribution in [0.25, 0.3) is 11.3 Å². The molecular weight excluding hydrogens is 328 g/mol. The van der Waals surface area contributed by atoms with Crippen LogP contribution in [-0.4, -0.2) is 17.5 Å². The lowest BCUT2D eigenvalue weighted by Gasteiger charge is -2.09. The number of pyridine rings is 1. The van der Waals surface area contributed by atoms with E-state index in [9.17, 15) is 4.79 Å². The zero-order valence-electron chi connectivity index (χ0n) is 14.9. The van der Waals surface area contributed by atoms with Crippen molar-refractivity contribution in [1.82, 2.24) is 10.3 Å². The van der Waals surface area contributed by atoms with Crippen LogP contribution < -0.4 is 10.1 Å². The highest BCUT2D eigenvalue weighted by Gasteiger charge is 2.05. The molecule has 26 heavy (non-hydrogen) atoms. The molecule has 0 aliphatic rings. The van der Waals surface area contributed by atoms with Gasteiger partial charge in [0.25, 0.3) is 5.91 Å². The number of carbonyl (C=O) groups is 1. The van der Waals surface area contributed by atoms with Crippen LogP contribution in [-0.2, 0) is 11.3 Å². The van der Waals surface area contributed by atoms with Gasteiger partial charge in [-0.3, -0.25) is 9.78 Å². The summed E-state index contributed by atoms with van der Waals surface area (Å²) in [5.74, 6) is 0.994. The molecule has 0 radical (unpaired) electrons.